The molecule has 3 heterocycles. The van der Waals surface area contributed by atoms with Crippen LogP contribution in [0.15, 0.2) is 42.9 Å². The topological polar surface area (TPSA) is 156 Å². The third kappa shape index (κ3) is 4.93. The van der Waals surface area contributed by atoms with Crippen LogP contribution in [-0.4, -0.2) is 72.2 Å². The summed E-state index contributed by atoms with van der Waals surface area (Å²) in [5, 5.41) is 34.8. The van der Waals surface area contributed by atoms with E-state index >= 15 is 0 Å². The number of carbonyl (C=O) groups is 1. The molecule has 0 bridgehead atoms. The van der Waals surface area contributed by atoms with Gasteiger partial charge in [0, 0.05) is 22.7 Å². The highest BCUT2D eigenvalue weighted by atomic mass is 35.5. The summed E-state index contributed by atoms with van der Waals surface area (Å²) in [5.41, 5.74) is 5.67. The lowest BCUT2D eigenvalue weighted by Gasteiger charge is -2.28. The number of nitrogens with two attached hydrogens (primary N) is 1. The van der Waals surface area contributed by atoms with E-state index in [9.17, 15) is 15.0 Å². The maximum atomic E-state index is 11.3. The Labute approximate surface area is 198 Å². The fourth-order valence-corrected chi connectivity index (χ4v) is 4.83. The van der Waals surface area contributed by atoms with Crippen LogP contribution in [0.1, 0.15) is 6.42 Å². The number of aliphatic hydroxyl groups is 2. The molecule has 0 amide bonds. The Morgan fingerprint density at radius 2 is 2.12 bits per heavy atom. The number of aliphatic hydroxyl groups excluding tert-OH is 1. The zero-order valence-electron chi connectivity index (χ0n) is 17.5. The molecule has 1 aromatic carbocycles. The molecule has 4 unspecified atom stereocenters. The van der Waals surface area contributed by atoms with Crippen molar-refractivity contribution >= 4 is 51.9 Å². The monoisotopic (exact) mass is 493 g/mol. The first-order valence-corrected chi connectivity index (χ1v) is 11.8. The van der Waals surface area contributed by atoms with Gasteiger partial charge >= 0.3 is 5.97 Å². The number of halogens is 1. The third-order valence-electron chi connectivity index (χ3n) is 5.50. The average Bonchev–Trinajstić information content (AvgIpc) is 3.36. The van der Waals surface area contributed by atoms with E-state index in [1.165, 1.54) is 22.7 Å². The Kier molecular flexibility index (Phi) is 7.07. The molecule has 1 saturated heterocycles. The summed E-state index contributed by atoms with van der Waals surface area (Å²) in [7, 11) is 0. The quantitative estimate of drug-likeness (QED) is 0.278. The summed E-state index contributed by atoms with van der Waals surface area (Å²) >= 11 is 7.35. The van der Waals surface area contributed by atoms with Crippen LogP contribution < -0.4 is 11.1 Å². The van der Waals surface area contributed by atoms with Crippen molar-refractivity contribution in [2.75, 3.05) is 23.4 Å². The van der Waals surface area contributed by atoms with Crippen LogP contribution in [0.25, 0.3) is 11.0 Å². The molecular formula is C21H24ClN5O5S. The van der Waals surface area contributed by atoms with Crippen LogP contribution in [-0.2, 0) is 15.3 Å². The molecule has 176 valence electrons. The van der Waals surface area contributed by atoms with Crippen LogP contribution in [0.2, 0.25) is 5.02 Å². The molecule has 4 atom stereocenters. The number of pyridine rings is 1. The van der Waals surface area contributed by atoms with Gasteiger partial charge in [0.2, 0.25) is 0 Å². The second-order valence-corrected chi connectivity index (χ2v) is 9.34. The number of aliphatic carboxylic acids is 1. The maximum Gasteiger partial charge on any atom is 0.320 e. The number of anilines is 2. The predicted molar refractivity (Wildman–Crippen MR) is 126 cm³/mol. The van der Waals surface area contributed by atoms with E-state index in [4.69, 9.17) is 27.2 Å². The fourth-order valence-electron chi connectivity index (χ4n) is 3.60. The number of benzene rings is 1. The van der Waals surface area contributed by atoms with Gasteiger partial charge in [-0.2, -0.15) is 11.8 Å². The molecule has 0 spiro atoms. The van der Waals surface area contributed by atoms with Gasteiger partial charge in [-0.25, -0.2) is 9.97 Å². The average molecular weight is 494 g/mol. The Hall–Kier alpha value is -2.41. The van der Waals surface area contributed by atoms with Gasteiger partial charge in [0.25, 0.3) is 0 Å². The van der Waals surface area contributed by atoms with Crippen molar-refractivity contribution in [2.24, 2.45) is 5.73 Å². The van der Waals surface area contributed by atoms with Gasteiger partial charge in [-0.05, 0) is 42.5 Å². The van der Waals surface area contributed by atoms with E-state index in [2.05, 4.69) is 15.3 Å². The number of aromatic nitrogens is 3. The van der Waals surface area contributed by atoms with Gasteiger partial charge in [-0.15, -0.1) is 0 Å². The molecule has 1 fully saturated rings. The smallest absolute Gasteiger partial charge is 0.320 e. The minimum atomic E-state index is -1.71. The maximum absolute atomic E-state index is 11.3. The van der Waals surface area contributed by atoms with Crippen molar-refractivity contribution in [1.82, 2.24) is 14.5 Å². The van der Waals surface area contributed by atoms with Crippen LogP contribution in [0.3, 0.4) is 0 Å². The first-order valence-electron chi connectivity index (χ1n) is 10.2. The Morgan fingerprint density at radius 3 is 2.85 bits per heavy atom. The normalized spacial score (nSPS) is 23.6. The van der Waals surface area contributed by atoms with E-state index < -0.39 is 29.9 Å². The van der Waals surface area contributed by atoms with E-state index in [1.54, 1.807) is 24.4 Å². The standard InChI is InChI=1S/C21H24ClN5O5S/c22-12-1-3-13(4-2-12)26-19-17-15(5-7-24-19)27(11-25-17)21(31)10-32-16(18(21)28)9-33-8-6-14(23)20(29)30/h1-5,7,11,14,16,18,28,31H,6,8-10,23H2,(H,24,26)(H,29,30). The number of nitrogens with one attached hydrogen (secondary N) is 1. The molecule has 2 aromatic heterocycles. The lowest BCUT2D eigenvalue weighted by atomic mass is 10.1. The van der Waals surface area contributed by atoms with Crippen LogP contribution >= 0.6 is 23.4 Å². The number of hydrogen-bond acceptors (Lipinski definition) is 9. The van der Waals surface area contributed by atoms with Crippen molar-refractivity contribution < 1.29 is 24.9 Å². The number of fused-ring (bicyclic) bond motifs is 1. The van der Waals surface area contributed by atoms with Crippen molar-refractivity contribution in [2.45, 2.75) is 30.4 Å². The molecule has 1 aliphatic rings. The van der Waals surface area contributed by atoms with Crippen molar-refractivity contribution in [3.05, 3.63) is 47.9 Å². The SMILES string of the molecule is NC(CCSCC1OCC(O)(n2cnc3c(Nc4ccc(Cl)cc4)nccc32)C1O)C(=O)O. The number of nitrogens with zero attached hydrogens (tertiary/aromatic N) is 3. The molecule has 10 nitrogen and oxygen atoms in total. The van der Waals surface area contributed by atoms with Crippen LogP contribution in [0.5, 0.6) is 0 Å². The minimum Gasteiger partial charge on any atom is -0.480 e. The third-order valence-corrected chi connectivity index (χ3v) is 6.84. The first kappa shape index (κ1) is 23.7. The summed E-state index contributed by atoms with van der Waals surface area (Å²) in [5.74, 6) is 0.326. The van der Waals surface area contributed by atoms with Crippen LogP contribution in [0, 0.1) is 0 Å². The van der Waals surface area contributed by atoms with E-state index in [0.29, 0.717) is 39.8 Å². The number of carboxylic acids is 1. The molecule has 0 aliphatic carbocycles. The van der Waals surface area contributed by atoms with Crippen molar-refractivity contribution in [1.29, 1.82) is 0 Å². The minimum absolute atomic E-state index is 0.123. The van der Waals surface area contributed by atoms with Crippen molar-refractivity contribution in [3.63, 3.8) is 0 Å². The van der Waals surface area contributed by atoms with E-state index in [-0.39, 0.29) is 6.61 Å². The number of ether oxygens (including phenoxy) is 1. The zero-order valence-corrected chi connectivity index (χ0v) is 19.0. The number of hydrogen-bond donors (Lipinski definition) is 5. The summed E-state index contributed by atoms with van der Waals surface area (Å²) in [4.78, 5) is 19.6. The molecule has 1 aliphatic heterocycles. The first-order chi connectivity index (χ1) is 15.8. The highest BCUT2D eigenvalue weighted by Gasteiger charge is 2.50. The molecule has 3 aromatic rings. The molecular weight excluding hydrogens is 470 g/mol. The number of carboxylic acid groups (broad SMARTS) is 1. The van der Waals surface area contributed by atoms with Gasteiger partial charge in [0.15, 0.2) is 11.5 Å². The fraction of sp³-hybridized carbons (Fsp3) is 0.381. The second kappa shape index (κ2) is 9.84. The Morgan fingerprint density at radius 1 is 1.36 bits per heavy atom. The lowest BCUT2D eigenvalue weighted by molar-refractivity contribution is -0.138. The second-order valence-electron chi connectivity index (χ2n) is 7.75. The van der Waals surface area contributed by atoms with Gasteiger partial charge in [0.05, 0.1) is 24.6 Å². The van der Waals surface area contributed by atoms with Crippen LogP contribution in [0.4, 0.5) is 11.5 Å². The van der Waals surface area contributed by atoms with Gasteiger partial charge in [-0.1, -0.05) is 11.6 Å². The zero-order chi connectivity index (χ0) is 23.6. The number of rotatable bonds is 9. The summed E-state index contributed by atoms with van der Waals surface area (Å²) in [6.07, 6.45) is 1.50. The van der Waals surface area contributed by atoms with Gasteiger partial charge < -0.3 is 31.1 Å². The van der Waals surface area contributed by atoms with E-state index in [0.717, 1.165) is 5.69 Å². The summed E-state index contributed by atoms with van der Waals surface area (Å²) in [6.45, 7) is -0.123. The van der Waals surface area contributed by atoms with Crippen molar-refractivity contribution in [3.8, 4) is 0 Å². The largest absolute Gasteiger partial charge is 0.480 e. The Bertz CT molecular complexity index is 1130. The molecule has 4 rings (SSSR count). The molecule has 0 radical (unpaired) electrons. The summed E-state index contributed by atoms with van der Waals surface area (Å²) in [6, 6.07) is 7.91. The predicted octanol–water partition coefficient (Wildman–Crippen LogP) is 1.77. The molecule has 0 saturated carbocycles. The number of thioether (sulfide) groups is 1. The number of imidazole rings is 1. The molecule has 6 N–H and O–H groups in total. The van der Waals surface area contributed by atoms with E-state index in [1.807, 2.05) is 12.1 Å². The van der Waals surface area contributed by atoms with Gasteiger partial charge in [0.1, 0.15) is 17.7 Å². The Balaban J connectivity index is 1.48. The lowest BCUT2D eigenvalue weighted by Crippen LogP contribution is -2.46. The molecule has 12 heteroatoms. The van der Waals surface area contributed by atoms with Gasteiger partial charge in [-0.3, -0.25) is 9.36 Å². The molecule has 33 heavy (non-hydrogen) atoms. The highest BCUT2D eigenvalue weighted by Crippen LogP contribution is 2.35. The summed E-state index contributed by atoms with van der Waals surface area (Å²) < 4.78 is 7.18. The highest BCUT2D eigenvalue weighted by molar-refractivity contribution is 7.99.